The van der Waals surface area contributed by atoms with E-state index in [0.29, 0.717) is 11.7 Å². The number of hydrogen-bond acceptors (Lipinski definition) is 5. The van der Waals surface area contributed by atoms with Gasteiger partial charge in [0.15, 0.2) is 5.69 Å². The number of piperidine rings is 1. The molecule has 148 valence electrons. The summed E-state index contributed by atoms with van der Waals surface area (Å²) < 4.78 is 1.83. The molecule has 3 heterocycles. The smallest absolute Gasteiger partial charge is 0.277 e. The molecule has 2 aromatic rings. The highest BCUT2D eigenvalue weighted by Gasteiger charge is 2.19. The molecule has 2 aliphatic heterocycles. The topological polar surface area (TPSA) is 75.1 Å². The number of benzene rings is 1. The fourth-order valence-electron chi connectivity index (χ4n) is 3.58. The predicted molar refractivity (Wildman–Crippen MR) is 112 cm³/mol. The molecule has 7 nitrogen and oxygen atoms in total. The zero-order chi connectivity index (χ0) is 17.1. The van der Waals surface area contributed by atoms with Crippen LogP contribution in [0, 0.1) is 0 Å². The van der Waals surface area contributed by atoms with Crippen molar-refractivity contribution in [3.63, 3.8) is 0 Å². The molecule has 2 fully saturated rings. The Morgan fingerprint density at radius 3 is 2.63 bits per heavy atom. The number of halogens is 2. The quantitative estimate of drug-likeness (QED) is 0.807. The van der Waals surface area contributed by atoms with Gasteiger partial charge in [-0.3, -0.25) is 4.79 Å². The van der Waals surface area contributed by atoms with Gasteiger partial charge in [-0.1, -0.05) is 11.3 Å². The van der Waals surface area contributed by atoms with Gasteiger partial charge in [0, 0.05) is 24.5 Å². The molecule has 0 radical (unpaired) electrons. The second-order valence-corrected chi connectivity index (χ2v) is 6.76. The lowest BCUT2D eigenvalue weighted by molar-refractivity contribution is 0.102. The molecular formula is C18H26Cl2N6O. The lowest BCUT2D eigenvalue weighted by atomic mass is 10.1. The third kappa shape index (κ3) is 5.12. The highest BCUT2D eigenvalue weighted by atomic mass is 35.5. The van der Waals surface area contributed by atoms with Gasteiger partial charge in [0.25, 0.3) is 5.91 Å². The van der Waals surface area contributed by atoms with E-state index < -0.39 is 0 Å². The number of carbonyl (C=O) groups excluding carboxylic acids is 1. The van der Waals surface area contributed by atoms with Gasteiger partial charge in [0.2, 0.25) is 0 Å². The lowest BCUT2D eigenvalue weighted by Crippen LogP contribution is -2.29. The second-order valence-electron chi connectivity index (χ2n) is 6.76. The van der Waals surface area contributed by atoms with Gasteiger partial charge < -0.3 is 15.5 Å². The fourth-order valence-corrected chi connectivity index (χ4v) is 3.58. The van der Waals surface area contributed by atoms with E-state index in [-0.39, 0.29) is 30.7 Å². The standard InChI is InChI=1S/C18H24N6O.2ClH/c25-18(17-13-24(22-21-17)15-6-8-19-9-7-15)20-14-4-3-5-16(12-14)23-10-1-2-11-23;;/h3-5,12-13,15,19H,1-2,6-11H2,(H,20,25);2*1H. The van der Waals surface area contributed by atoms with Gasteiger partial charge in [-0.2, -0.15) is 0 Å². The molecule has 0 saturated carbocycles. The van der Waals surface area contributed by atoms with Crippen LogP contribution >= 0.6 is 24.8 Å². The van der Waals surface area contributed by atoms with Crippen LogP contribution in [0.15, 0.2) is 30.5 Å². The van der Waals surface area contributed by atoms with Crippen LogP contribution in [-0.2, 0) is 0 Å². The van der Waals surface area contributed by atoms with Crippen molar-refractivity contribution in [1.82, 2.24) is 20.3 Å². The van der Waals surface area contributed by atoms with Crippen molar-refractivity contribution in [2.24, 2.45) is 0 Å². The van der Waals surface area contributed by atoms with Crippen molar-refractivity contribution in [3.8, 4) is 0 Å². The number of nitrogens with one attached hydrogen (secondary N) is 2. The van der Waals surface area contributed by atoms with Crippen LogP contribution < -0.4 is 15.5 Å². The number of nitrogens with zero attached hydrogens (tertiary/aromatic N) is 4. The summed E-state index contributed by atoms with van der Waals surface area (Å²) in [6, 6.07) is 8.34. The number of carbonyl (C=O) groups is 1. The predicted octanol–water partition coefficient (Wildman–Crippen LogP) is 2.90. The van der Waals surface area contributed by atoms with E-state index in [9.17, 15) is 4.79 Å². The van der Waals surface area contributed by atoms with Gasteiger partial charge in [0.05, 0.1) is 12.2 Å². The molecule has 0 spiro atoms. The van der Waals surface area contributed by atoms with Crippen LogP contribution in [0.25, 0.3) is 0 Å². The molecule has 1 amide bonds. The average Bonchev–Trinajstić information content (AvgIpc) is 3.35. The van der Waals surface area contributed by atoms with E-state index >= 15 is 0 Å². The van der Waals surface area contributed by atoms with Crippen LogP contribution in [0.1, 0.15) is 42.2 Å². The summed E-state index contributed by atoms with van der Waals surface area (Å²) in [4.78, 5) is 14.8. The number of hydrogen-bond donors (Lipinski definition) is 2. The Bertz CT molecular complexity index is 741. The van der Waals surface area contributed by atoms with Crippen LogP contribution in [0.3, 0.4) is 0 Å². The molecular weight excluding hydrogens is 387 g/mol. The zero-order valence-corrected chi connectivity index (χ0v) is 16.8. The monoisotopic (exact) mass is 412 g/mol. The van der Waals surface area contributed by atoms with E-state index in [1.165, 1.54) is 12.8 Å². The van der Waals surface area contributed by atoms with Crippen LogP contribution in [-0.4, -0.2) is 47.1 Å². The number of anilines is 2. The van der Waals surface area contributed by atoms with Crippen molar-refractivity contribution in [2.75, 3.05) is 36.4 Å². The summed E-state index contributed by atoms with van der Waals surface area (Å²) in [5.74, 6) is -0.209. The number of rotatable bonds is 4. The first-order chi connectivity index (χ1) is 12.3. The summed E-state index contributed by atoms with van der Waals surface area (Å²) in [7, 11) is 0. The maximum Gasteiger partial charge on any atom is 0.277 e. The summed E-state index contributed by atoms with van der Waals surface area (Å²) in [6.07, 6.45) is 6.26. The van der Waals surface area contributed by atoms with Crippen molar-refractivity contribution in [1.29, 1.82) is 0 Å². The Morgan fingerprint density at radius 2 is 1.89 bits per heavy atom. The number of aromatic nitrogens is 3. The first-order valence-electron chi connectivity index (χ1n) is 9.08. The zero-order valence-electron chi connectivity index (χ0n) is 15.1. The van der Waals surface area contributed by atoms with Crippen molar-refractivity contribution >= 4 is 42.1 Å². The fraction of sp³-hybridized carbons (Fsp3) is 0.500. The Kier molecular flexibility index (Phi) is 7.89. The molecule has 0 bridgehead atoms. The molecule has 9 heteroatoms. The van der Waals surface area contributed by atoms with Gasteiger partial charge in [-0.25, -0.2) is 4.68 Å². The van der Waals surface area contributed by atoms with Crippen LogP contribution in [0.5, 0.6) is 0 Å². The van der Waals surface area contributed by atoms with Gasteiger partial charge in [-0.05, 0) is 57.0 Å². The minimum atomic E-state index is -0.209. The molecule has 0 unspecified atom stereocenters. The highest BCUT2D eigenvalue weighted by molar-refractivity contribution is 6.02. The van der Waals surface area contributed by atoms with Crippen molar-refractivity contribution in [3.05, 3.63) is 36.2 Å². The normalized spacial score (nSPS) is 17.1. The summed E-state index contributed by atoms with van der Waals surface area (Å²) in [5.41, 5.74) is 2.32. The largest absolute Gasteiger partial charge is 0.371 e. The SMILES string of the molecule is Cl.Cl.O=C(Nc1cccc(N2CCCC2)c1)c1cn(C2CCNCC2)nn1. The molecule has 2 aliphatic rings. The summed E-state index contributed by atoms with van der Waals surface area (Å²) in [5, 5.41) is 14.5. The Balaban J connectivity index is 0.00000131. The van der Waals surface area contributed by atoms with Crippen molar-refractivity contribution in [2.45, 2.75) is 31.7 Å². The Labute approximate surface area is 171 Å². The maximum atomic E-state index is 12.5. The third-order valence-electron chi connectivity index (χ3n) is 5.00. The molecule has 1 aromatic carbocycles. The molecule has 27 heavy (non-hydrogen) atoms. The molecule has 2 saturated heterocycles. The van der Waals surface area contributed by atoms with E-state index in [1.54, 1.807) is 6.20 Å². The van der Waals surface area contributed by atoms with E-state index in [1.807, 2.05) is 22.9 Å². The first-order valence-corrected chi connectivity index (χ1v) is 9.08. The summed E-state index contributed by atoms with van der Waals surface area (Å²) >= 11 is 0. The maximum absolute atomic E-state index is 12.5. The molecule has 0 atom stereocenters. The van der Waals surface area contributed by atoms with E-state index in [4.69, 9.17) is 0 Å². The van der Waals surface area contributed by atoms with Gasteiger partial charge in [0.1, 0.15) is 0 Å². The number of amides is 1. The average molecular weight is 413 g/mol. The second kappa shape index (κ2) is 9.92. The van der Waals surface area contributed by atoms with Gasteiger partial charge in [-0.15, -0.1) is 29.9 Å². The first kappa shape index (κ1) is 21.5. The molecule has 0 aliphatic carbocycles. The molecule has 4 rings (SSSR count). The van der Waals surface area contributed by atoms with Crippen molar-refractivity contribution < 1.29 is 4.79 Å². The minimum Gasteiger partial charge on any atom is -0.371 e. The van der Waals surface area contributed by atoms with E-state index in [0.717, 1.165) is 50.4 Å². The Hall–Kier alpha value is -1.83. The lowest BCUT2D eigenvalue weighted by Gasteiger charge is -2.22. The van der Waals surface area contributed by atoms with Gasteiger partial charge >= 0.3 is 0 Å². The van der Waals surface area contributed by atoms with E-state index in [2.05, 4.69) is 31.9 Å². The van der Waals surface area contributed by atoms with Crippen LogP contribution in [0.2, 0.25) is 0 Å². The highest BCUT2D eigenvalue weighted by Crippen LogP contribution is 2.23. The van der Waals surface area contributed by atoms with Crippen LogP contribution in [0.4, 0.5) is 11.4 Å². The summed E-state index contributed by atoms with van der Waals surface area (Å²) in [6.45, 7) is 4.13. The molecule has 2 N–H and O–H groups in total. The Morgan fingerprint density at radius 1 is 1.15 bits per heavy atom. The minimum absolute atomic E-state index is 0. The molecule has 1 aromatic heterocycles. The third-order valence-corrected chi connectivity index (χ3v) is 5.00.